The number of rotatable bonds is 9. The molecule has 0 radical (unpaired) electrons. The normalized spacial score (nSPS) is 22.7. The topological polar surface area (TPSA) is 123 Å². The lowest BCUT2D eigenvalue weighted by Gasteiger charge is -2.27. The van der Waals surface area contributed by atoms with Crippen molar-refractivity contribution in [2.75, 3.05) is 29.6 Å². The summed E-state index contributed by atoms with van der Waals surface area (Å²) in [6.07, 6.45) is 0.0870. The number of amides is 1. The molecule has 1 aromatic carbocycles. The van der Waals surface area contributed by atoms with Gasteiger partial charge in [-0.3, -0.25) is 9.59 Å². The first-order valence-corrected chi connectivity index (χ1v) is 13.7. The first kappa shape index (κ1) is 24.8. The number of anilines is 1. The number of ether oxygens (including phenoxy) is 2. The molecule has 2 fully saturated rings. The molecule has 2 heterocycles. The number of benzene rings is 1. The number of thioether (sulfide) groups is 1. The zero-order valence-corrected chi connectivity index (χ0v) is 21.0. The van der Waals surface area contributed by atoms with E-state index in [1.54, 1.807) is 17.0 Å². The van der Waals surface area contributed by atoms with Crippen LogP contribution < -0.4 is 14.4 Å². The highest BCUT2D eigenvalue weighted by atomic mass is 79.9. The number of aliphatic carboxylic acids is 1. The minimum absolute atomic E-state index is 0.00642. The van der Waals surface area contributed by atoms with Crippen molar-refractivity contribution >= 4 is 60.3 Å². The lowest BCUT2D eigenvalue weighted by atomic mass is 10.2. The van der Waals surface area contributed by atoms with E-state index in [0.29, 0.717) is 40.0 Å². The van der Waals surface area contributed by atoms with Crippen LogP contribution in [0.2, 0.25) is 0 Å². The van der Waals surface area contributed by atoms with Gasteiger partial charge in [-0.15, -0.1) is 0 Å². The van der Waals surface area contributed by atoms with Gasteiger partial charge in [-0.1, -0.05) is 11.8 Å². The van der Waals surface area contributed by atoms with Gasteiger partial charge in [0.2, 0.25) is 5.91 Å². The van der Waals surface area contributed by atoms with Gasteiger partial charge in [-0.05, 0) is 36.2 Å². The second kappa shape index (κ2) is 10.4. The van der Waals surface area contributed by atoms with E-state index in [4.69, 9.17) is 14.6 Å². The largest absolute Gasteiger partial charge is 0.490 e. The number of sulfone groups is 1. The standard InChI is InChI=1S/C20H25BrN2O7S2/c1-3-29-15-8-12(21)13(9-16(15)30-4-2)23-14-10-32(27,28)11-17(14)31-20(23)22-18(24)6-5-7-19(25)26/h8-9,14,17H,3-7,10-11H2,1-2H3,(H,25,26)/t14-,17+/m0/s1. The Kier molecular flexibility index (Phi) is 8.10. The molecule has 1 aromatic rings. The molecule has 2 aliphatic rings. The van der Waals surface area contributed by atoms with Crippen molar-refractivity contribution in [3.8, 4) is 11.5 Å². The maximum absolute atomic E-state index is 12.4. The Bertz CT molecular complexity index is 1030. The maximum atomic E-state index is 12.4. The van der Waals surface area contributed by atoms with Gasteiger partial charge in [-0.2, -0.15) is 4.99 Å². The number of carboxylic acid groups (broad SMARTS) is 1. The molecule has 2 aliphatic heterocycles. The SMILES string of the molecule is CCOc1cc(Br)c(N2C(=NC(=O)CCCC(=O)O)S[C@@H]3CS(=O)(=O)C[C@@H]32)cc1OCC. The zero-order valence-electron chi connectivity index (χ0n) is 17.7. The van der Waals surface area contributed by atoms with E-state index in [0.717, 1.165) is 0 Å². The fraction of sp³-hybridized carbons (Fsp3) is 0.550. The first-order chi connectivity index (χ1) is 15.1. The van der Waals surface area contributed by atoms with Crippen LogP contribution in [0.1, 0.15) is 33.1 Å². The molecule has 176 valence electrons. The molecule has 2 saturated heterocycles. The number of fused-ring (bicyclic) bond motifs is 1. The number of carbonyl (C=O) groups is 2. The number of hydrogen-bond donors (Lipinski definition) is 1. The van der Waals surface area contributed by atoms with E-state index in [9.17, 15) is 18.0 Å². The average Bonchev–Trinajstić information content (AvgIpc) is 3.15. The fourth-order valence-corrected chi connectivity index (χ4v) is 8.08. The number of aliphatic imine (C=N–C) groups is 1. The molecule has 12 heteroatoms. The van der Waals surface area contributed by atoms with Crippen LogP contribution in [0, 0.1) is 0 Å². The van der Waals surface area contributed by atoms with Gasteiger partial charge in [0, 0.05) is 34.7 Å². The van der Waals surface area contributed by atoms with Crippen molar-refractivity contribution in [3.05, 3.63) is 16.6 Å². The number of nitrogens with zero attached hydrogens (tertiary/aromatic N) is 2. The van der Waals surface area contributed by atoms with Gasteiger partial charge in [0.1, 0.15) is 0 Å². The van der Waals surface area contributed by atoms with Crippen LogP contribution >= 0.6 is 27.7 Å². The molecule has 3 rings (SSSR count). The fourth-order valence-electron chi connectivity index (χ4n) is 3.65. The van der Waals surface area contributed by atoms with E-state index in [1.165, 1.54) is 11.8 Å². The minimum atomic E-state index is -3.21. The summed E-state index contributed by atoms with van der Waals surface area (Å²) < 4.78 is 36.6. The summed E-state index contributed by atoms with van der Waals surface area (Å²) in [7, 11) is -3.21. The third-order valence-electron chi connectivity index (χ3n) is 4.94. The zero-order chi connectivity index (χ0) is 23.5. The molecule has 32 heavy (non-hydrogen) atoms. The highest BCUT2D eigenvalue weighted by Gasteiger charge is 2.50. The van der Waals surface area contributed by atoms with Crippen molar-refractivity contribution < 1.29 is 32.6 Å². The van der Waals surface area contributed by atoms with E-state index in [1.807, 2.05) is 13.8 Å². The Morgan fingerprint density at radius 1 is 1.19 bits per heavy atom. The van der Waals surface area contributed by atoms with Gasteiger partial charge < -0.3 is 19.5 Å². The number of halogens is 1. The lowest BCUT2D eigenvalue weighted by Crippen LogP contribution is -2.38. The van der Waals surface area contributed by atoms with Gasteiger partial charge in [0.15, 0.2) is 26.5 Å². The van der Waals surface area contributed by atoms with Gasteiger partial charge in [-0.25, -0.2) is 8.42 Å². The highest BCUT2D eigenvalue weighted by Crippen LogP contribution is 2.46. The van der Waals surface area contributed by atoms with Crippen LogP contribution in [-0.4, -0.2) is 66.6 Å². The van der Waals surface area contributed by atoms with Crippen molar-refractivity contribution in [1.29, 1.82) is 0 Å². The molecule has 0 aromatic heterocycles. The second-order valence-corrected chi connectivity index (χ2v) is 11.5. The monoisotopic (exact) mass is 548 g/mol. The average molecular weight is 549 g/mol. The van der Waals surface area contributed by atoms with Crippen molar-refractivity contribution in [2.45, 2.75) is 44.4 Å². The molecule has 9 nitrogen and oxygen atoms in total. The van der Waals surface area contributed by atoms with Crippen LogP contribution in [0.25, 0.3) is 0 Å². The van der Waals surface area contributed by atoms with Crippen LogP contribution in [0.15, 0.2) is 21.6 Å². The van der Waals surface area contributed by atoms with Crippen LogP contribution in [0.5, 0.6) is 11.5 Å². The van der Waals surface area contributed by atoms with Crippen LogP contribution in [0.4, 0.5) is 5.69 Å². The molecule has 0 saturated carbocycles. The highest BCUT2D eigenvalue weighted by molar-refractivity contribution is 9.10. The number of hydrogen-bond acceptors (Lipinski definition) is 7. The van der Waals surface area contributed by atoms with Gasteiger partial charge >= 0.3 is 5.97 Å². The maximum Gasteiger partial charge on any atom is 0.303 e. The van der Waals surface area contributed by atoms with E-state index < -0.39 is 21.7 Å². The molecule has 2 atom stereocenters. The van der Waals surface area contributed by atoms with Crippen molar-refractivity contribution in [2.24, 2.45) is 4.99 Å². The Balaban J connectivity index is 1.98. The summed E-state index contributed by atoms with van der Waals surface area (Å²) in [6.45, 7) is 4.58. The summed E-state index contributed by atoms with van der Waals surface area (Å²) in [6, 6.07) is 3.15. The third kappa shape index (κ3) is 5.76. The number of carbonyl (C=O) groups excluding carboxylic acids is 1. The summed E-state index contributed by atoms with van der Waals surface area (Å²) in [4.78, 5) is 29.1. The Labute approximate surface area is 199 Å². The van der Waals surface area contributed by atoms with Gasteiger partial charge in [0.25, 0.3) is 0 Å². The van der Waals surface area contributed by atoms with Crippen molar-refractivity contribution in [1.82, 2.24) is 0 Å². The smallest absolute Gasteiger partial charge is 0.303 e. The summed E-state index contributed by atoms with van der Waals surface area (Å²) >= 11 is 4.81. The Morgan fingerprint density at radius 3 is 2.47 bits per heavy atom. The second-order valence-electron chi connectivity index (χ2n) is 7.32. The Morgan fingerprint density at radius 2 is 1.84 bits per heavy atom. The van der Waals surface area contributed by atoms with Crippen LogP contribution in [0.3, 0.4) is 0 Å². The molecule has 1 amide bonds. The van der Waals surface area contributed by atoms with E-state index >= 15 is 0 Å². The molecular weight excluding hydrogens is 524 g/mol. The number of carboxylic acids is 1. The summed E-state index contributed by atoms with van der Waals surface area (Å²) in [5.41, 5.74) is 0.631. The molecule has 0 bridgehead atoms. The third-order valence-corrected chi connectivity index (χ3v) is 8.79. The molecule has 0 spiro atoms. The van der Waals surface area contributed by atoms with E-state index in [2.05, 4.69) is 20.9 Å². The predicted octanol–water partition coefficient (Wildman–Crippen LogP) is 3.10. The van der Waals surface area contributed by atoms with Crippen molar-refractivity contribution in [3.63, 3.8) is 0 Å². The summed E-state index contributed by atoms with van der Waals surface area (Å²) in [5, 5.41) is 8.93. The molecule has 1 N–H and O–H groups in total. The lowest BCUT2D eigenvalue weighted by molar-refractivity contribution is -0.137. The molecule has 0 aliphatic carbocycles. The van der Waals surface area contributed by atoms with E-state index in [-0.39, 0.29) is 42.1 Å². The summed E-state index contributed by atoms with van der Waals surface area (Å²) in [5.74, 6) is -0.374. The molecular formula is C20H25BrN2O7S2. The minimum Gasteiger partial charge on any atom is -0.490 e. The van der Waals surface area contributed by atoms with Crippen LogP contribution in [-0.2, 0) is 19.4 Å². The quantitative estimate of drug-likeness (QED) is 0.495. The predicted molar refractivity (Wildman–Crippen MR) is 127 cm³/mol. The number of amidine groups is 1. The first-order valence-electron chi connectivity index (χ1n) is 10.2. The Hall–Kier alpha value is -1.79. The molecule has 0 unspecified atom stereocenters. The van der Waals surface area contributed by atoms with Gasteiger partial charge in [0.05, 0.1) is 36.4 Å².